The topological polar surface area (TPSA) is 41.9 Å². The van der Waals surface area contributed by atoms with Gasteiger partial charge in [-0.2, -0.15) is 0 Å². The summed E-state index contributed by atoms with van der Waals surface area (Å²) in [5, 5.41) is 10.1. The third kappa shape index (κ3) is 4.94. The maximum atomic E-state index is 10.1. The lowest BCUT2D eigenvalue weighted by Gasteiger charge is -2.53. The van der Waals surface area contributed by atoms with Crippen LogP contribution in [0, 0.1) is 36.0 Å². The number of aryl methyl sites for hydroxylation is 1. The van der Waals surface area contributed by atoms with Crippen molar-refractivity contribution in [2.75, 3.05) is 26.8 Å². The zero-order chi connectivity index (χ0) is 27.0. The standard InChI is InChI=1S/C34H49NO3/c1-7-35(8-2)21-24-17-23(4)33(31(19-24)37-6)38-16-14-26-9-12-30-32-22(3)18-25-20-27(36)10-11-28(25)29(32)13-15-34(26,30)5/h10-11,17,19-20,22,26,29-30,32,36H,7-9,12-16,18,21H2,1-6H3/t22-,26?,29?,30?,32?,34?/m1/s1. The van der Waals surface area contributed by atoms with Gasteiger partial charge in [-0.1, -0.05) is 39.8 Å². The zero-order valence-corrected chi connectivity index (χ0v) is 24.6. The third-order valence-electron chi connectivity index (χ3n) is 10.8. The molecule has 3 aliphatic rings. The Kier molecular flexibility index (Phi) is 8.01. The van der Waals surface area contributed by atoms with Gasteiger partial charge < -0.3 is 14.6 Å². The van der Waals surface area contributed by atoms with Crippen LogP contribution in [0.1, 0.15) is 88.0 Å². The summed E-state index contributed by atoms with van der Waals surface area (Å²) in [6.45, 7) is 15.4. The Morgan fingerprint density at radius 2 is 1.87 bits per heavy atom. The van der Waals surface area contributed by atoms with Crippen LogP contribution in [0.5, 0.6) is 17.2 Å². The highest BCUT2D eigenvalue weighted by atomic mass is 16.5. The van der Waals surface area contributed by atoms with Crippen molar-refractivity contribution in [1.82, 2.24) is 4.90 Å². The lowest BCUT2D eigenvalue weighted by Crippen LogP contribution is -2.45. The number of hydrogen-bond acceptors (Lipinski definition) is 4. The predicted molar refractivity (Wildman–Crippen MR) is 155 cm³/mol. The van der Waals surface area contributed by atoms with E-state index >= 15 is 0 Å². The van der Waals surface area contributed by atoms with Crippen molar-refractivity contribution in [2.24, 2.45) is 29.1 Å². The fourth-order valence-corrected chi connectivity index (χ4v) is 8.80. The Balaban J connectivity index is 1.26. The fraction of sp³-hybridized carbons (Fsp3) is 0.647. The molecule has 0 bridgehead atoms. The van der Waals surface area contributed by atoms with E-state index in [1.54, 1.807) is 7.11 Å². The molecule has 38 heavy (non-hydrogen) atoms. The molecule has 3 aliphatic carbocycles. The van der Waals surface area contributed by atoms with E-state index in [1.165, 1.54) is 47.9 Å². The molecule has 4 nitrogen and oxygen atoms in total. The number of phenols is 1. The first-order valence-electron chi connectivity index (χ1n) is 15.1. The van der Waals surface area contributed by atoms with Gasteiger partial charge in [0.1, 0.15) is 5.75 Å². The normalized spacial score (nSPS) is 30.0. The molecule has 4 heteroatoms. The Hall–Kier alpha value is -2.20. The molecule has 0 saturated heterocycles. The molecule has 2 aromatic rings. The number of nitrogens with zero attached hydrogens (tertiary/aromatic N) is 1. The molecule has 0 spiro atoms. The Labute approximate surface area is 230 Å². The quantitative estimate of drug-likeness (QED) is 0.368. The van der Waals surface area contributed by atoms with Crippen molar-refractivity contribution in [3.63, 3.8) is 0 Å². The fourth-order valence-electron chi connectivity index (χ4n) is 8.80. The molecule has 6 atom stereocenters. The minimum absolute atomic E-state index is 0.403. The number of methoxy groups -OCH3 is 1. The van der Waals surface area contributed by atoms with Gasteiger partial charge in [-0.3, -0.25) is 4.90 Å². The predicted octanol–water partition coefficient (Wildman–Crippen LogP) is 7.74. The lowest BCUT2D eigenvalue weighted by atomic mass is 9.51. The number of ether oxygens (including phenoxy) is 2. The molecule has 0 aliphatic heterocycles. The van der Waals surface area contributed by atoms with Gasteiger partial charge in [-0.05, 0) is 134 Å². The van der Waals surface area contributed by atoms with Crippen LogP contribution in [0.2, 0.25) is 0 Å². The number of benzene rings is 2. The Morgan fingerprint density at radius 1 is 1.08 bits per heavy atom. The molecule has 0 heterocycles. The van der Waals surface area contributed by atoms with Crippen LogP contribution in [0.25, 0.3) is 0 Å². The summed E-state index contributed by atoms with van der Waals surface area (Å²) in [7, 11) is 1.76. The molecule has 0 amide bonds. The Morgan fingerprint density at radius 3 is 2.61 bits per heavy atom. The van der Waals surface area contributed by atoms with E-state index in [4.69, 9.17) is 9.47 Å². The van der Waals surface area contributed by atoms with Crippen LogP contribution < -0.4 is 9.47 Å². The second-order valence-corrected chi connectivity index (χ2v) is 12.7. The average Bonchev–Trinajstić information content (AvgIpc) is 3.23. The van der Waals surface area contributed by atoms with Gasteiger partial charge >= 0.3 is 0 Å². The molecule has 5 unspecified atom stereocenters. The maximum absolute atomic E-state index is 10.1. The van der Waals surface area contributed by atoms with Crippen LogP contribution in [0.3, 0.4) is 0 Å². The first kappa shape index (κ1) is 27.4. The van der Waals surface area contributed by atoms with E-state index in [9.17, 15) is 5.11 Å². The van der Waals surface area contributed by atoms with Crippen LogP contribution in [0.15, 0.2) is 30.3 Å². The number of aromatic hydroxyl groups is 1. The minimum Gasteiger partial charge on any atom is -0.508 e. The molecule has 2 fully saturated rings. The Bertz CT molecular complexity index is 1120. The summed E-state index contributed by atoms with van der Waals surface area (Å²) in [5.41, 5.74) is 5.77. The van der Waals surface area contributed by atoms with Crippen LogP contribution >= 0.6 is 0 Å². The van der Waals surface area contributed by atoms with Crippen LogP contribution in [-0.4, -0.2) is 36.8 Å². The van der Waals surface area contributed by atoms with E-state index < -0.39 is 0 Å². The summed E-state index contributed by atoms with van der Waals surface area (Å²) in [6.07, 6.45) is 7.48. The molecular formula is C34H49NO3. The van der Waals surface area contributed by atoms with Gasteiger partial charge in [0.2, 0.25) is 0 Å². The first-order valence-corrected chi connectivity index (χ1v) is 15.1. The smallest absolute Gasteiger partial charge is 0.164 e. The van der Waals surface area contributed by atoms with E-state index in [2.05, 4.69) is 57.7 Å². The largest absolute Gasteiger partial charge is 0.508 e. The average molecular weight is 520 g/mol. The first-order chi connectivity index (χ1) is 18.3. The van der Waals surface area contributed by atoms with Gasteiger partial charge in [0, 0.05) is 6.54 Å². The molecule has 208 valence electrons. The van der Waals surface area contributed by atoms with E-state index in [-0.39, 0.29) is 0 Å². The molecule has 0 radical (unpaired) electrons. The number of hydrogen-bond donors (Lipinski definition) is 1. The van der Waals surface area contributed by atoms with Gasteiger partial charge in [0.15, 0.2) is 11.5 Å². The van der Waals surface area contributed by atoms with Gasteiger partial charge in [-0.15, -0.1) is 0 Å². The molecule has 1 N–H and O–H groups in total. The van der Waals surface area contributed by atoms with Crippen molar-refractivity contribution in [3.05, 3.63) is 52.6 Å². The molecule has 0 aromatic heterocycles. The van der Waals surface area contributed by atoms with E-state index in [1.807, 2.05) is 12.1 Å². The maximum Gasteiger partial charge on any atom is 0.164 e. The number of fused-ring (bicyclic) bond motifs is 5. The molecule has 2 aromatic carbocycles. The van der Waals surface area contributed by atoms with Crippen LogP contribution in [-0.2, 0) is 13.0 Å². The van der Waals surface area contributed by atoms with Crippen molar-refractivity contribution >= 4 is 0 Å². The van der Waals surface area contributed by atoms with E-state index in [0.29, 0.717) is 23.0 Å². The lowest BCUT2D eigenvalue weighted by molar-refractivity contribution is 0.000845. The van der Waals surface area contributed by atoms with Crippen LogP contribution in [0.4, 0.5) is 0 Å². The summed E-state index contributed by atoms with van der Waals surface area (Å²) >= 11 is 0. The second kappa shape index (κ2) is 11.1. The highest BCUT2D eigenvalue weighted by molar-refractivity contribution is 5.49. The second-order valence-electron chi connectivity index (χ2n) is 12.7. The number of rotatable bonds is 9. The van der Waals surface area contributed by atoms with E-state index in [0.717, 1.165) is 68.3 Å². The van der Waals surface area contributed by atoms with Crippen molar-refractivity contribution in [2.45, 2.75) is 85.6 Å². The van der Waals surface area contributed by atoms with Crippen molar-refractivity contribution < 1.29 is 14.6 Å². The SMILES string of the molecule is CCN(CC)Cc1cc(C)c(OCCC2CCC3C4C(CCC23C)c2ccc(O)cc2C[C@H]4C)c(OC)c1. The molecule has 5 rings (SSSR count). The monoisotopic (exact) mass is 519 g/mol. The molecule has 2 saturated carbocycles. The summed E-state index contributed by atoms with van der Waals surface area (Å²) in [6, 6.07) is 10.6. The third-order valence-corrected chi connectivity index (χ3v) is 10.8. The summed E-state index contributed by atoms with van der Waals surface area (Å²) < 4.78 is 12.3. The number of phenolic OH excluding ortho intramolecular Hbond substituents is 1. The van der Waals surface area contributed by atoms with Gasteiger partial charge in [0.25, 0.3) is 0 Å². The van der Waals surface area contributed by atoms with Crippen molar-refractivity contribution in [1.29, 1.82) is 0 Å². The van der Waals surface area contributed by atoms with Gasteiger partial charge in [0.05, 0.1) is 13.7 Å². The zero-order valence-electron chi connectivity index (χ0n) is 24.6. The van der Waals surface area contributed by atoms with Crippen molar-refractivity contribution in [3.8, 4) is 17.2 Å². The minimum atomic E-state index is 0.403. The van der Waals surface area contributed by atoms with Gasteiger partial charge in [-0.25, -0.2) is 0 Å². The molecular weight excluding hydrogens is 470 g/mol. The summed E-state index contributed by atoms with van der Waals surface area (Å²) in [4.78, 5) is 2.43. The summed E-state index contributed by atoms with van der Waals surface area (Å²) in [5.74, 6) is 5.80. The highest BCUT2D eigenvalue weighted by Crippen LogP contribution is 2.64. The highest BCUT2D eigenvalue weighted by Gasteiger charge is 2.55.